The van der Waals surface area contributed by atoms with Crippen molar-refractivity contribution in [2.45, 2.75) is 25.8 Å². The zero-order valence-electron chi connectivity index (χ0n) is 13.4. The molecule has 4 rings (SSSR count). The Morgan fingerprint density at radius 2 is 2.38 bits per heavy atom. The molecule has 1 aliphatic heterocycles. The second-order valence-corrected chi connectivity index (χ2v) is 7.07. The summed E-state index contributed by atoms with van der Waals surface area (Å²) in [6.07, 6.45) is 9.14. The SMILES string of the molecule is Cc1nc(-c2cc(C(=O)N3CCC[C@H](n4ccnc4)C3)co2)cs1. The molecule has 1 fully saturated rings. The Morgan fingerprint density at radius 3 is 3.12 bits per heavy atom. The topological polar surface area (TPSA) is 64.2 Å². The number of hydrogen-bond donors (Lipinski definition) is 0. The molecule has 3 aromatic heterocycles. The van der Waals surface area contributed by atoms with Crippen LogP contribution in [0.3, 0.4) is 0 Å². The second-order valence-electron chi connectivity index (χ2n) is 6.01. The average Bonchev–Trinajstić information content (AvgIpc) is 3.35. The third-order valence-electron chi connectivity index (χ3n) is 4.35. The monoisotopic (exact) mass is 342 g/mol. The van der Waals surface area contributed by atoms with Crippen molar-refractivity contribution in [2.75, 3.05) is 13.1 Å². The summed E-state index contributed by atoms with van der Waals surface area (Å²) in [5.74, 6) is 0.660. The van der Waals surface area contributed by atoms with Crippen molar-refractivity contribution >= 4 is 17.2 Å². The quantitative estimate of drug-likeness (QED) is 0.732. The first-order valence-electron chi connectivity index (χ1n) is 7.98. The van der Waals surface area contributed by atoms with Crippen molar-refractivity contribution in [3.05, 3.63) is 47.0 Å². The van der Waals surface area contributed by atoms with Crippen molar-refractivity contribution in [3.63, 3.8) is 0 Å². The maximum Gasteiger partial charge on any atom is 0.257 e. The van der Waals surface area contributed by atoms with Gasteiger partial charge in [0.05, 0.1) is 22.9 Å². The first-order chi connectivity index (χ1) is 11.7. The van der Waals surface area contributed by atoms with Gasteiger partial charge in [0.15, 0.2) is 5.76 Å². The third-order valence-corrected chi connectivity index (χ3v) is 5.12. The molecular weight excluding hydrogens is 324 g/mol. The van der Waals surface area contributed by atoms with E-state index in [-0.39, 0.29) is 11.9 Å². The van der Waals surface area contributed by atoms with E-state index >= 15 is 0 Å². The number of carbonyl (C=O) groups excluding carboxylic acids is 1. The van der Waals surface area contributed by atoms with Gasteiger partial charge in [0.2, 0.25) is 0 Å². The Kier molecular flexibility index (Phi) is 3.93. The fraction of sp³-hybridized carbons (Fsp3) is 0.353. The molecule has 7 heteroatoms. The van der Waals surface area contributed by atoms with Crippen molar-refractivity contribution in [1.29, 1.82) is 0 Å². The van der Waals surface area contributed by atoms with E-state index in [1.807, 2.05) is 29.7 Å². The smallest absolute Gasteiger partial charge is 0.257 e. The standard InChI is InChI=1S/C17H18N4O2S/c1-12-19-15(10-24-12)16-7-13(9-23-16)17(22)20-5-2-3-14(8-20)21-6-4-18-11-21/h4,6-7,9-11,14H,2-3,5,8H2,1H3/t14-/m0/s1. The van der Waals surface area contributed by atoms with Gasteiger partial charge in [-0.25, -0.2) is 9.97 Å². The number of aryl methyl sites for hydroxylation is 1. The van der Waals surface area contributed by atoms with E-state index in [1.54, 1.807) is 23.6 Å². The molecule has 0 aromatic carbocycles. The summed E-state index contributed by atoms with van der Waals surface area (Å²) in [5.41, 5.74) is 1.37. The van der Waals surface area contributed by atoms with Crippen LogP contribution >= 0.6 is 11.3 Å². The number of nitrogens with zero attached hydrogens (tertiary/aromatic N) is 4. The van der Waals surface area contributed by atoms with Crippen molar-refractivity contribution < 1.29 is 9.21 Å². The molecule has 0 unspecified atom stereocenters. The lowest BCUT2D eigenvalue weighted by Gasteiger charge is -2.33. The predicted molar refractivity (Wildman–Crippen MR) is 91.0 cm³/mol. The number of amides is 1. The van der Waals surface area contributed by atoms with Gasteiger partial charge >= 0.3 is 0 Å². The van der Waals surface area contributed by atoms with Crippen LogP contribution < -0.4 is 0 Å². The summed E-state index contributed by atoms with van der Waals surface area (Å²) in [7, 11) is 0. The van der Waals surface area contributed by atoms with Gasteiger partial charge in [0, 0.05) is 30.9 Å². The van der Waals surface area contributed by atoms with Crippen LogP contribution in [0.25, 0.3) is 11.5 Å². The fourth-order valence-corrected chi connectivity index (χ4v) is 3.71. The molecule has 0 bridgehead atoms. The Balaban J connectivity index is 1.50. The normalized spacial score (nSPS) is 18.0. The zero-order valence-corrected chi connectivity index (χ0v) is 14.2. The number of piperidine rings is 1. The first-order valence-corrected chi connectivity index (χ1v) is 8.86. The number of rotatable bonds is 3. The molecule has 1 amide bonds. The van der Waals surface area contributed by atoms with E-state index in [9.17, 15) is 4.79 Å². The molecule has 3 aromatic rings. The Bertz CT molecular complexity index is 837. The molecule has 0 aliphatic carbocycles. The second kappa shape index (κ2) is 6.24. The van der Waals surface area contributed by atoms with Crippen LogP contribution in [0, 0.1) is 6.92 Å². The molecule has 0 spiro atoms. The molecule has 0 radical (unpaired) electrons. The zero-order chi connectivity index (χ0) is 16.5. The Morgan fingerprint density at radius 1 is 1.46 bits per heavy atom. The van der Waals surface area contributed by atoms with Gasteiger partial charge in [0.25, 0.3) is 5.91 Å². The summed E-state index contributed by atoms with van der Waals surface area (Å²) >= 11 is 1.57. The van der Waals surface area contributed by atoms with Crippen LogP contribution in [0.1, 0.15) is 34.2 Å². The molecule has 4 heterocycles. The molecule has 6 nitrogen and oxygen atoms in total. The number of carbonyl (C=O) groups is 1. The third kappa shape index (κ3) is 2.87. The van der Waals surface area contributed by atoms with E-state index in [0.29, 0.717) is 17.9 Å². The molecular formula is C17H18N4O2S. The molecule has 124 valence electrons. The summed E-state index contributed by atoms with van der Waals surface area (Å²) in [5, 5.41) is 2.92. The highest BCUT2D eigenvalue weighted by atomic mass is 32.1. The summed E-state index contributed by atoms with van der Waals surface area (Å²) in [4.78, 5) is 23.2. The summed E-state index contributed by atoms with van der Waals surface area (Å²) in [6, 6.07) is 2.08. The van der Waals surface area contributed by atoms with Crippen LogP contribution in [0.5, 0.6) is 0 Å². The molecule has 0 saturated carbocycles. The minimum Gasteiger partial charge on any atom is -0.462 e. The lowest BCUT2D eigenvalue weighted by atomic mass is 10.0. The average molecular weight is 342 g/mol. The van der Waals surface area contributed by atoms with Crippen LogP contribution in [0.15, 0.2) is 40.8 Å². The van der Waals surface area contributed by atoms with Crippen molar-refractivity contribution in [2.24, 2.45) is 0 Å². The van der Waals surface area contributed by atoms with E-state index in [1.165, 1.54) is 6.26 Å². The molecule has 24 heavy (non-hydrogen) atoms. The highest BCUT2D eigenvalue weighted by Crippen LogP contribution is 2.26. The lowest BCUT2D eigenvalue weighted by Crippen LogP contribution is -2.40. The summed E-state index contributed by atoms with van der Waals surface area (Å²) < 4.78 is 7.64. The van der Waals surface area contributed by atoms with E-state index in [0.717, 1.165) is 30.1 Å². The maximum absolute atomic E-state index is 12.8. The van der Waals surface area contributed by atoms with Gasteiger partial charge in [-0.1, -0.05) is 0 Å². The van der Waals surface area contributed by atoms with Crippen molar-refractivity contribution in [3.8, 4) is 11.5 Å². The fourth-order valence-electron chi connectivity index (χ4n) is 3.11. The Labute approximate surface area is 143 Å². The predicted octanol–water partition coefficient (Wildman–Crippen LogP) is 3.39. The van der Waals surface area contributed by atoms with Crippen LogP contribution in [-0.2, 0) is 0 Å². The number of furan rings is 1. The largest absolute Gasteiger partial charge is 0.462 e. The van der Waals surface area contributed by atoms with E-state index < -0.39 is 0 Å². The molecule has 1 atom stereocenters. The number of thiazole rings is 1. The minimum atomic E-state index is 0.0155. The molecule has 0 N–H and O–H groups in total. The van der Waals surface area contributed by atoms with Gasteiger partial charge in [-0.3, -0.25) is 4.79 Å². The van der Waals surface area contributed by atoms with Crippen LogP contribution in [-0.4, -0.2) is 38.4 Å². The number of imidazole rings is 1. The van der Waals surface area contributed by atoms with Gasteiger partial charge < -0.3 is 13.9 Å². The highest BCUT2D eigenvalue weighted by molar-refractivity contribution is 7.09. The minimum absolute atomic E-state index is 0.0155. The van der Waals surface area contributed by atoms with Gasteiger partial charge in [0.1, 0.15) is 12.0 Å². The van der Waals surface area contributed by atoms with Gasteiger partial charge in [-0.05, 0) is 25.8 Å². The number of hydrogen-bond acceptors (Lipinski definition) is 5. The summed E-state index contributed by atoms with van der Waals surface area (Å²) in [6.45, 7) is 3.43. The Hall–Kier alpha value is -2.41. The van der Waals surface area contributed by atoms with Gasteiger partial charge in [-0.15, -0.1) is 11.3 Å². The highest BCUT2D eigenvalue weighted by Gasteiger charge is 2.26. The molecule has 1 aliphatic rings. The molecule has 1 saturated heterocycles. The maximum atomic E-state index is 12.8. The van der Waals surface area contributed by atoms with Gasteiger partial charge in [-0.2, -0.15) is 0 Å². The van der Waals surface area contributed by atoms with E-state index in [2.05, 4.69) is 14.5 Å². The number of aromatic nitrogens is 3. The number of likely N-dealkylation sites (tertiary alicyclic amines) is 1. The van der Waals surface area contributed by atoms with Crippen molar-refractivity contribution in [1.82, 2.24) is 19.4 Å². The van der Waals surface area contributed by atoms with E-state index in [4.69, 9.17) is 4.42 Å². The lowest BCUT2D eigenvalue weighted by molar-refractivity contribution is 0.0678. The van der Waals surface area contributed by atoms with Crippen LogP contribution in [0.4, 0.5) is 0 Å². The first kappa shape index (κ1) is 15.1. The van der Waals surface area contributed by atoms with Crippen LogP contribution in [0.2, 0.25) is 0 Å².